The lowest BCUT2D eigenvalue weighted by atomic mass is 10.2. The van der Waals surface area contributed by atoms with Crippen molar-refractivity contribution in [3.63, 3.8) is 0 Å². The fourth-order valence-corrected chi connectivity index (χ4v) is 1.26. The molecule has 0 atom stereocenters. The van der Waals surface area contributed by atoms with Gasteiger partial charge in [-0.2, -0.15) is 0 Å². The molecule has 134 valence electrons. The summed E-state index contributed by atoms with van der Waals surface area (Å²) in [6, 6.07) is 14.8. The summed E-state index contributed by atoms with van der Waals surface area (Å²) in [6.45, 7) is 2.87. The van der Waals surface area contributed by atoms with Crippen molar-refractivity contribution in [1.82, 2.24) is 0 Å². The summed E-state index contributed by atoms with van der Waals surface area (Å²) in [7, 11) is 0. The van der Waals surface area contributed by atoms with Gasteiger partial charge >= 0.3 is 11.9 Å². The summed E-state index contributed by atoms with van der Waals surface area (Å²) in [6.07, 6.45) is 0.833. The molecule has 0 unspecified atom stereocenters. The van der Waals surface area contributed by atoms with Crippen molar-refractivity contribution in [3.05, 3.63) is 72.8 Å². The number of para-hydroxylation sites is 2. The first-order chi connectivity index (χ1) is 11.9. The highest BCUT2D eigenvalue weighted by Crippen LogP contribution is 2.21. The third-order valence-electron chi connectivity index (χ3n) is 2.39. The number of hydrogen-bond acceptors (Lipinski definition) is 6. The highest BCUT2D eigenvalue weighted by molar-refractivity contribution is 5.89. The van der Waals surface area contributed by atoms with Gasteiger partial charge in [-0.3, -0.25) is 0 Å². The van der Waals surface area contributed by atoms with Crippen LogP contribution < -0.4 is 0 Å². The van der Waals surface area contributed by atoms with Gasteiger partial charge in [0, 0.05) is 6.08 Å². The zero-order chi connectivity index (χ0) is 19.1. The number of hydrogen-bond donors (Lipinski definition) is 4. The van der Waals surface area contributed by atoms with Crippen LogP contribution in [0.4, 0.5) is 0 Å². The number of carboxylic acids is 1. The predicted molar refractivity (Wildman–Crippen MR) is 91.4 cm³/mol. The van der Waals surface area contributed by atoms with Gasteiger partial charge in [-0.15, -0.1) is 0 Å². The van der Waals surface area contributed by atoms with Gasteiger partial charge in [-0.05, 0) is 24.3 Å². The Hall–Kier alpha value is -3.32. The lowest BCUT2D eigenvalue weighted by molar-refractivity contribution is -0.131. The van der Waals surface area contributed by atoms with Crippen LogP contribution in [0.3, 0.4) is 0 Å². The van der Waals surface area contributed by atoms with E-state index in [4.69, 9.17) is 20.4 Å². The Labute approximate surface area is 145 Å². The van der Waals surface area contributed by atoms with Gasteiger partial charge in [0.25, 0.3) is 0 Å². The zero-order valence-electron chi connectivity index (χ0n) is 13.4. The fraction of sp³-hybridized carbons (Fsp3) is 0.111. The van der Waals surface area contributed by atoms with Gasteiger partial charge in [-0.25, -0.2) is 9.59 Å². The van der Waals surface area contributed by atoms with Crippen LogP contribution in [-0.2, 0) is 9.53 Å². The number of carbonyl (C=O) groups excluding carboxylic acids is 1. The molecule has 7 heteroatoms. The van der Waals surface area contributed by atoms with E-state index in [-0.39, 0.29) is 24.7 Å². The first kappa shape index (κ1) is 21.7. The molecule has 0 heterocycles. The molecule has 0 aliphatic carbocycles. The monoisotopic (exact) mass is 348 g/mol. The normalized spacial score (nSPS) is 8.68. The Morgan fingerprint density at radius 3 is 1.76 bits per heavy atom. The lowest BCUT2D eigenvalue weighted by Crippen LogP contribution is -2.08. The number of carbonyl (C=O) groups is 2. The summed E-state index contributed by atoms with van der Waals surface area (Å²) in [5.74, 6) is -1.53. The third kappa shape index (κ3) is 10.9. The molecule has 4 N–H and O–H groups in total. The van der Waals surface area contributed by atoms with Crippen molar-refractivity contribution >= 4 is 11.9 Å². The van der Waals surface area contributed by atoms with Crippen LogP contribution in [0.5, 0.6) is 11.5 Å². The highest BCUT2D eigenvalue weighted by Gasteiger charge is 2.03. The average Bonchev–Trinajstić information content (AvgIpc) is 2.64. The van der Waals surface area contributed by atoms with E-state index >= 15 is 0 Å². The minimum absolute atomic E-state index is 0.0493. The van der Waals surface area contributed by atoms with Crippen molar-refractivity contribution in [2.45, 2.75) is 0 Å². The van der Waals surface area contributed by atoms with E-state index in [1.807, 2.05) is 6.07 Å². The zero-order valence-corrected chi connectivity index (χ0v) is 13.4. The molecule has 2 aromatic rings. The Morgan fingerprint density at radius 2 is 1.40 bits per heavy atom. The molecular weight excluding hydrogens is 328 g/mol. The highest BCUT2D eigenvalue weighted by atomic mass is 16.5. The maximum atomic E-state index is 11.1. The van der Waals surface area contributed by atoms with Crippen LogP contribution in [0.25, 0.3) is 0 Å². The second-order valence-electron chi connectivity index (χ2n) is 4.26. The molecule has 0 saturated heterocycles. The van der Waals surface area contributed by atoms with E-state index in [0.29, 0.717) is 5.56 Å². The van der Waals surface area contributed by atoms with Gasteiger partial charge in [-0.1, -0.05) is 36.9 Å². The van der Waals surface area contributed by atoms with Gasteiger partial charge in [0.1, 0.15) is 6.61 Å². The van der Waals surface area contributed by atoms with Gasteiger partial charge in [0.15, 0.2) is 11.5 Å². The molecule has 0 aliphatic rings. The molecule has 0 spiro atoms. The van der Waals surface area contributed by atoms with Crippen LogP contribution >= 0.6 is 0 Å². The first-order valence-electron chi connectivity index (χ1n) is 7.07. The predicted octanol–water partition coefficient (Wildman–Crippen LogP) is 2.19. The molecule has 2 rings (SSSR count). The van der Waals surface area contributed by atoms with Crippen molar-refractivity contribution in [3.8, 4) is 11.5 Å². The number of aliphatic hydroxyl groups is 1. The second kappa shape index (κ2) is 13.1. The molecule has 0 radical (unpaired) electrons. The van der Waals surface area contributed by atoms with Crippen molar-refractivity contribution in [2.75, 3.05) is 13.2 Å². The summed E-state index contributed by atoms with van der Waals surface area (Å²) in [5.41, 5.74) is 0.506. The fourth-order valence-electron chi connectivity index (χ4n) is 1.26. The molecular formula is C18H20O7. The number of aliphatic hydroxyl groups excluding tert-OH is 1. The van der Waals surface area contributed by atoms with E-state index in [9.17, 15) is 9.59 Å². The Kier molecular flexibility index (Phi) is 11.4. The van der Waals surface area contributed by atoms with E-state index in [1.165, 1.54) is 12.1 Å². The van der Waals surface area contributed by atoms with E-state index in [0.717, 1.165) is 6.08 Å². The third-order valence-corrected chi connectivity index (χ3v) is 2.39. The molecule has 0 aromatic heterocycles. The number of carboxylic acid groups (broad SMARTS) is 1. The number of rotatable bonds is 4. The smallest absolute Gasteiger partial charge is 0.338 e. The standard InChI is InChI=1S/C9H10O3.C6H6O2.C3H4O2/c10-6-7-12-9(11)8-4-2-1-3-5-8;7-5-3-1-2-4-6(5)8;1-2-3(4)5/h1-5,10H,6-7H2;1-4,7-8H;2H,1H2,(H,4,5). The average molecular weight is 348 g/mol. The largest absolute Gasteiger partial charge is 0.504 e. The summed E-state index contributed by atoms with van der Waals surface area (Å²) in [4.78, 5) is 20.3. The summed E-state index contributed by atoms with van der Waals surface area (Å²) < 4.78 is 4.69. The number of benzene rings is 2. The van der Waals surface area contributed by atoms with Crippen LogP contribution in [-0.4, -0.2) is 45.6 Å². The van der Waals surface area contributed by atoms with Gasteiger partial charge in [0.2, 0.25) is 0 Å². The maximum absolute atomic E-state index is 11.1. The van der Waals surface area contributed by atoms with Crippen molar-refractivity contribution in [1.29, 1.82) is 0 Å². The number of aromatic hydroxyl groups is 2. The minimum Gasteiger partial charge on any atom is -0.504 e. The molecule has 0 amide bonds. The van der Waals surface area contributed by atoms with Gasteiger partial charge < -0.3 is 25.2 Å². The number of ether oxygens (including phenoxy) is 1. The van der Waals surface area contributed by atoms with Crippen LogP contribution in [0.2, 0.25) is 0 Å². The van der Waals surface area contributed by atoms with Gasteiger partial charge in [0.05, 0.1) is 12.2 Å². The molecule has 0 aliphatic heterocycles. The summed E-state index contributed by atoms with van der Waals surface area (Å²) in [5, 5.41) is 33.3. The van der Waals surface area contributed by atoms with Crippen LogP contribution in [0, 0.1) is 0 Å². The minimum atomic E-state index is -0.981. The van der Waals surface area contributed by atoms with E-state index in [1.54, 1.807) is 36.4 Å². The number of phenols is 2. The molecule has 2 aromatic carbocycles. The Morgan fingerprint density at radius 1 is 0.960 bits per heavy atom. The van der Waals surface area contributed by atoms with Crippen molar-refractivity contribution < 1.29 is 34.8 Å². The van der Waals surface area contributed by atoms with E-state index in [2.05, 4.69) is 11.3 Å². The molecule has 0 fully saturated rings. The number of phenolic OH excluding ortho intramolecular Hbond substituents is 2. The molecule has 0 bridgehead atoms. The maximum Gasteiger partial charge on any atom is 0.338 e. The van der Waals surface area contributed by atoms with Crippen molar-refractivity contribution in [2.24, 2.45) is 0 Å². The van der Waals surface area contributed by atoms with E-state index < -0.39 is 11.9 Å². The number of esters is 1. The second-order valence-corrected chi connectivity index (χ2v) is 4.26. The van der Waals surface area contributed by atoms with Crippen LogP contribution in [0.1, 0.15) is 10.4 Å². The Balaban J connectivity index is 0.000000382. The molecule has 25 heavy (non-hydrogen) atoms. The van der Waals surface area contributed by atoms with Crippen LogP contribution in [0.15, 0.2) is 67.3 Å². The number of aliphatic carboxylic acids is 1. The SMILES string of the molecule is C=CC(=O)O.O=C(OCCO)c1ccccc1.Oc1ccccc1O. The molecule has 0 saturated carbocycles. The Bertz CT molecular complexity index is 632. The summed E-state index contributed by atoms with van der Waals surface area (Å²) >= 11 is 0. The lowest BCUT2D eigenvalue weighted by Gasteiger charge is -2.00. The topological polar surface area (TPSA) is 124 Å². The first-order valence-corrected chi connectivity index (χ1v) is 7.07. The quantitative estimate of drug-likeness (QED) is 0.379. The molecule has 7 nitrogen and oxygen atoms in total.